The Labute approximate surface area is 76.6 Å². The van der Waals surface area contributed by atoms with Crippen LogP contribution in [0.4, 0.5) is 26.3 Å². The molecule has 0 bridgehead atoms. The minimum atomic E-state index is -5.53. The van der Waals surface area contributed by atoms with E-state index < -0.39 is 30.1 Å². The van der Waals surface area contributed by atoms with Gasteiger partial charge in [-0.25, -0.2) is 13.2 Å². The van der Waals surface area contributed by atoms with Gasteiger partial charge in [0.05, 0.1) is 0 Å². The summed E-state index contributed by atoms with van der Waals surface area (Å²) in [5, 5.41) is 0. The molecule has 0 heterocycles. The Balaban J connectivity index is 3.01. The van der Waals surface area contributed by atoms with Gasteiger partial charge in [0, 0.05) is 12.3 Å². The average Bonchev–Trinajstić information content (AvgIpc) is 2.00. The van der Waals surface area contributed by atoms with Crippen LogP contribution >= 0.6 is 0 Å². The van der Waals surface area contributed by atoms with Crippen LogP contribution in [-0.2, 0) is 0 Å². The molecule has 0 aromatic carbocycles. The van der Waals surface area contributed by atoms with Gasteiger partial charge in [0.1, 0.15) is 0 Å². The molecule has 2 atom stereocenters. The Bertz CT molecular complexity index is 241. The quantitative estimate of drug-likeness (QED) is 0.466. The van der Waals surface area contributed by atoms with Crippen LogP contribution in [-0.4, -0.2) is 17.8 Å². The molecule has 0 aromatic heterocycles. The molecule has 2 unspecified atom stereocenters. The summed E-state index contributed by atoms with van der Waals surface area (Å²) in [5.74, 6) is -6.09. The molecule has 0 saturated heterocycles. The largest absolute Gasteiger partial charge is 0.429 e. The van der Waals surface area contributed by atoms with Crippen molar-refractivity contribution >= 4 is 0 Å². The third-order valence-corrected chi connectivity index (χ3v) is 2.36. The third kappa shape index (κ3) is 1.23. The zero-order valence-electron chi connectivity index (χ0n) is 7.21. The first kappa shape index (κ1) is 11.4. The van der Waals surface area contributed by atoms with Crippen LogP contribution < -0.4 is 0 Å². The van der Waals surface area contributed by atoms with Gasteiger partial charge in [-0.15, -0.1) is 0 Å². The molecule has 0 radical (unpaired) electrons. The molecule has 1 aliphatic rings. The van der Waals surface area contributed by atoms with Gasteiger partial charge in [0.15, 0.2) is 0 Å². The predicted molar refractivity (Wildman–Crippen MR) is 37.8 cm³/mol. The van der Waals surface area contributed by atoms with Gasteiger partial charge in [-0.2, -0.15) is 13.2 Å². The fourth-order valence-corrected chi connectivity index (χ4v) is 1.56. The topological polar surface area (TPSA) is 0 Å². The SMILES string of the molecule is CC=CC1CC(F)(F)C1(F)C(F)(F)F. The fraction of sp³-hybridized carbons (Fsp3) is 0.750. The maximum absolute atomic E-state index is 13.1. The van der Waals surface area contributed by atoms with Crippen molar-refractivity contribution in [3.05, 3.63) is 12.2 Å². The molecule has 1 aliphatic carbocycles. The first-order chi connectivity index (χ1) is 6.17. The molecule has 6 heteroatoms. The van der Waals surface area contributed by atoms with E-state index in [9.17, 15) is 26.3 Å². The van der Waals surface area contributed by atoms with Crippen molar-refractivity contribution in [1.82, 2.24) is 0 Å². The van der Waals surface area contributed by atoms with Crippen molar-refractivity contribution in [2.75, 3.05) is 0 Å². The molecule has 0 amide bonds. The van der Waals surface area contributed by atoms with Crippen LogP contribution in [0.3, 0.4) is 0 Å². The Morgan fingerprint density at radius 2 is 1.71 bits per heavy atom. The molecule has 0 N–H and O–H groups in total. The van der Waals surface area contributed by atoms with Crippen molar-refractivity contribution in [3.63, 3.8) is 0 Å². The van der Waals surface area contributed by atoms with Crippen LogP contribution in [0, 0.1) is 5.92 Å². The second-order valence-corrected chi connectivity index (χ2v) is 3.25. The Morgan fingerprint density at radius 3 is 2.00 bits per heavy atom. The van der Waals surface area contributed by atoms with E-state index in [0.717, 1.165) is 12.2 Å². The van der Waals surface area contributed by atoms with Crippen molar-refractivity contribution in [3.8, 4) is 0 Å². The summed E-state index contributed by atoms with van der Waals surface area (Å²) in [6, 6.07) is 0. The molecule has 0 nitrogen and oxygen atoms in total. The lowest BCUT2D eigenvalue weighted by Crippen LogP contribution is -2.68. The molecule has 0 aliphatic heterocycles. The minimum Gasteiger partial charge on any atom is -0.226 e. The molecule has 1 fully saturated rings. The van der Waals surface area contributed by atoms with Crippen LogP contribution in [0.2, 0.25) is 0 Å². The van der Waals surface area contributed by atoms with E-state index in [2.05, 4.69) is 0 Å². The van der Waals surface area contributed by atoms with Gasteiger partial charge < -0.3 is 0 Å². The number of halogens is 6. The molecular formula is C8H8F6. The summed E-state index contributed by atoms with van der Waals surface area (Å²) in [6.45, 7) is 1.35. The van der Waals surface area contributed by atoms with E-state index in [4.69, 9.17) is 0 Å². The Morgan fingerprint density at radius 1 is 1.21 bits per heavy atom. The Kier molecular flexibility index (Phi) is 2.36. The van der Waals surface area contributed by atoms with Crippen molar-refractivity contribution < 1.29 is 26.3 Å². The maximum atomic E-state index is 13.1. The molecule has 82 valence electrons. The monoisotopic (exact) mass is 218 g/mol. The number of allylic oxidation sites excluding steroid dienone is 2. The molecule has 14 heavy (non-hydrogen) atoms. The van der Waals surface area contributed by atoms with Gasteiger partial charge in [-0.1, -0.05) is 12.2 Å². The second kappa shape index (κ2) is 2.90. The van der Waals surface area contributed by atoms with Gasteiger partial charge in [-0.05, 0) is 6.92 Å². The lowest BCUT2D eigenvalue weighted by Gasteiger charge is -2.48. The van der Waals surface area contributed by atoms with Gasteiger partial charge in [0.2, 0.25) is 0 Å². The summed E-state index contributed by atoms with van der Waals surface area (Å²) >= 11 is 0. The molecule has 0 aromatic rings. The number of hydrogen-bond donors (Lipinski definition) is 0. The number of rotatable bonds is 1. The summed E-state index contributed by atoms with van der Waals surface area (Å²) in [4.78, 5) is 0. The van der Waals surface area contributed by atoms with Crippen molar-refractivity contribution in [1.29, 1.82) is 0 Å². The van der Waals surface area contributed by atoms with E-state index in [0.29, 0.717) is 0 Å². The van der Waals surface area contributed by atoms with E-state index in [1.165, 1.54) is 6.92 Å². The molecule has 0 spiro atoms. The fourth-order valence-electron chi connectivity index (χ4n) is 1.56. The van der Waals surface area contributed by atoms with Crippen molar-refractivity contribution in [2.24, 2.45) is 5.92 Å². The second-order valence-electron chi connectivity index (χ2n) is 3.25. The zero-order chi connectivity index (χ0) is 11.2. The van der Waals surface area contributed by atoms with Crippen LogP contribution in [0.1, 0.15) is 13.3 Å². The van der Waals surface area contributed by atoms with Crippen LogP contribution in [0.15, 0.2) is 12.2 Å². The molecular weight excluding hydrogens is 210 g/mol. The number of hydrogen-bond acceptors (Lipinski definition) is 0. The highest BCUT2D eigenvalue weighted by Gasteiger charge is 2.81. The first-order valence-electron chi connectivity index (χ1n) is 3.93. The highest BCUT2D eigenvalue weighted by atomic mass is 19.4. The highest BCUT2D eigenvalue weighted by molar-refractivity contribution is 5.19. The summed E-state index contributed by atoms with van der Waals surface area (Å²) in [5.41, 5.74) is -4.40. The minimum absolute atomic E-state index is 0.824. The lowest BCUT2D eigenvalue weighted by atomic mass is 9.66. The third-order valence-electron chi connectivity index (χ3n) is 2.36. The lowest BCUT2D eigenvalue weighted by molar-refractivity contribution is -0.362. The maximum Gasteiger partial charge on any atom is 0.429 e. The molecule has 1 rings (SSSR count). The first-order valence-corrected chi connectivity index (χ1v) is 3.93. The summed E-state index contributed by atoms with van der Waals surface area (Å²) < 4.78 is 74.4. The smallest absolute Gasteiger partial charge is 0.226 e. The van der Waals surface area contributed by atoms with Gasteiger partial charge in [-0.3, -0.25) is 0 Å². The molecule has 1 saturated carbocycles. The summed E-state index contributed by atoms with van der Waals surface area (Å²) in [7, 11) is 0. The Hall–Kier alpha value is -0.680. The average molecular weight is 218 g/mol. The van der Waals surface area contributed by atoms with Crippen LogP contribution in [0.5, 0.6) is 0 Å². The zero-order valence-corrected chi connectivity index (χ0v) is 7.21. The van der Waals surface area contributed by atoms with Gasteiger partial charge >= 0.3 is 6.18 Å². The predicted octanol–water partition coefficient (Wildman–Crippen LogP) is 3.49. The van der Waals surface area contributed by atoms with E-state index in [1.807, 2.05) is 0 Å². The van der Waals surface area contributed by atoms with E-state index in [-0.39, 0.29) is 0 Å². The highest BCUT2D eigenvalue weighted by Crippen LogP contribution is 2.61. The summed E-state index contributed by atoms with van der Waals surface area (Å²) in [6.07, 6.45) is -4.66. The standard InChI is InChI=1S/C8H8F6/c1-2-3-5-4-6(9,10)7(5,11)8(12,13)14/h2-3,5H,4H2,1H3. The van der Waals surface area contributed by atoms with Crippen molar-refractivity contribution in [2.45, 2.75) is 31.1 Å². The number of alkyl halides is 6. The normalized spacial score (nSPS) is 37.2. The van der Waals surface area contributed by atoms with Crippen LogP contribution in [0.25, 0.3) is 0 Å². The van der Waals surface area contributed by atoms with Gasteiger partial charge in [0.25, 0.3) is 11.6 Å². The van der Waals surface area contributed by atoms with E-state index in [1.54, 1.807) is 0 Å². The van der Waals surface area contributed by atoms with E-state index >= 15 is 0 Å².